The third kappa shape index (κ3) is 4.19. The molecule has 174 valence electrons. The molecule has 1 fully saturated rings. The maximum Gasteiger partial charge on any atom is 0.254 e. The van der Waals surface area contributed by atoms with E-state index in [2.05, 4.69) is 71.7 Å². The molecular formula is C30H27N3O2. The Labute approximate surface area is 205 Å². The van der Waals surface area contributed by atoms with Gasteiger partial charge in [0.15, 0.2) is 0 Å². The molecule has 0 saturated carbocycles. The Balaban J connectivity index is 1.37. The van der Waals surface area contributed by atoms with Gasteiger partial charge >= 0.3 is 0 Å². The summed E-state index contributed by atoms with van der Waals surface area (Å²) in [6.45, 7) is 2.48. The molecule has 4 aromatic rings. The molecule has 2 heterocycles. The Morgan fingerprint density at radius 2 is 1.51 bits per heavy atom. The van der Waals surface area contributed by atoms with Gasteiger partial charge in [0.25, 0.3) is 5.91 Å². The highest BCUT2D eigenvalue weighted by Gasteiger charge is 2.31. The van der Waals surface area contributed by atoms with Crippen LogP contribution in [0.25, 0.3) is 10.8 Å². The molecule has 0 radical (unpaired) electrons. The number of carbonyl (C=O) groups is 1. The third-order valence-corrected chi connectivity index (χ3v) is 6.88. The van der Waals surface area contributed by atoms with Crippen molar-refractivity contribution in [3.8, 4) is 0 Å². The Bertz CT molecular complexity index is 1370. The normalized spacial score (nSPS) is 18.1. The number of fused-ring (bicyclic) bond motifs is 1. The topological polar surface area (TPSA) is 45.1 Å². The number of benzene rings is 4. The van der Waals surface area contributed by atoms with E-state index in [0.29, 0.717) is 31.9 Å². The molecule has 5 nitrogen and oxygen atoms in total. The standard InChI is InChI=1S/C30H27N3O2/c34-30(32-17-19-35-20-18-32)24-13-15-25(16-14-24)33-29(21-28(31-33)23-8-2-1-3-9-23)27-12-6-10-22-7-4-5-11-26(22)27/h1-16,29H,17-21H2. The number of nitrogens with zero attached hydrogens (tertiary/aromatic N) is 3. The lowest BCUT2D eigenvalue weighted by Crippen LogP contribution is -2.40. The Morgan fingerprint density at radius 1 is 0.800 bits per heavy atom. The average molecular weight is 462 g/mol. The summed E-state index contributed by atoms with van der Waals surface area (Å²) in [5.74, 6) is 0.0559. The van der Waals surface area contributed by atoms with E-state index < -0.39 is 0 Å². The number of morpholine rings is 1. The molecule has 0 N–H and O–H groups in total. The summed E-state index contributed by atoms with van der Waals surface area (Å²) in [6.07, 6.45) is 0.812. The lowest BCUT2D eigenvalue weighted by atomic mass is 9.94. The minimum atomic E-state index is 0.0559. The van der Waals surface area contributed by atoms with Gasteiger partial charge in [0.1, 0.15) is 0 Å². The van der Waals surface area contributed by atoms with Crippen molar-refractivity contribution in [3.63, 3.8) is 0 Å². The minimum absolute atomic E-state index is 0.0559. The Kier molecular flexibility index (Phi) is 5.76. The van der Waals surface area contributed by atoms with Crippen LogP contribution in [0.15, 0.2) is 102 Å². The summed E-state index contributed by atoms with van der Waals surface area (Å²) in [5, 5.41) is 9.68. The quantitative estimate of drug-likeness (QED) is 0.393. The van der Waals surface area contributed by atoms with Crippen LogP contribution in [0.3, 0.4) is 0 Å². The lowest BCUT2D eigenvalue weighted by molar-refractivity contribution is 0.0303. The zero-order valence-electron chi connectivity index (χ0n) is 19.5. The molecule has 1 amide bonds. The van der Waals surface area contributed by atoms with E-state index in [-0.39, 0.29) is 11.9 Å². The Hall–Kier alpha value is -3.96. The highest BCUT2D eigenvalue weighted by Crippen LogP contribution is 2.39. The first-order chi connectivity index (χ1) is 17.3. The zero-order chi connectivity index (χ0) is 23.6. The van der Waals surface area contributed by atoms with Crippen LogP contribution in [-0.4, -0.2) is 42.8 Å². The van der Waals surface area contributed by atoms with Gasteiger partial charge in [-0.05, 0) is 46.2 Å². The molecule has 2 aliphatic rings. The highest BCUT2D eigenvalue weighted by molar-refractivity contribution is 6.04. The van der Waals surface area contributed by atoms with Gasteiger partial charge in [-0.1, -0.05) is 72.8 Å². The molecule has 2 aliphatic heterocycles. The van der Waals surface area contributed by atoms with Crippen LogP contribution >= 0.6 is 0 Å². The van der Waals surface area contributed by atoms with Crippen LogP contribution < -0.4 is 5.01 Å². The predicted molar refractivity (Wildman–Crippen MR) is 140 cm³/mol. The molecule has 6 rings (SSSR count). The van der Waals surface area contributed by atoms with Gasteiger partial charge in [0.05, 0.1) is 30.7 Å². The van der Waals surface area contributed by atoms with Gasteiger partial charge in [-0.3, -0.25) is 9.80 Å². The number of hydrazone groups is 1. The van der Waals surface area contributed by atoms with E-state index in [1.54, 1.807) is 0 Å². The fraction of sp³-hybridized carbons (Fsp3) is 0.200. The van der Waals surface area contributed by atoms with Gasteiger partial charge in [-0.15, -0.1) is 0 Å². The number of rotatable bonds is 4. The van der Waals surface area contributed by atoms with Crippen molar-refractivity contribution < 1.29 is 9.53 Å². The molecule has 1 saturated heterocycles. The molecule has 1 atom stereocenters. The van der Waals surface area contributed by atoms with Crippen LogP contribution in [0.5, 0.6) is 0 Å². The summed E-state index contributed by atoms with van der Waals surface area (Å²) in [7, 11) is 0. The SMILES string of the molecule is O=C(c1ccc(N2N=C(c3ccccc3)CC2c2cccc3ccccc23)cc1)N1CCOCC1. The van der Waals surface area contributed by atoms with Crippen molar-refractivity contribution in [2.75, 3.05) is 31.3 Å². The van der Waals surface area contributed by atoms with E-state index in [1.807, 2.05) is 35.2 Å². The molecule has 0 spiro atoms. The minimum Gasteiger partial charge on any atom is -0.378 e. The summed E-state index contributed by atoms with van der Waals surface area (Å²) < 4.78 is 5.39. The van der Waals surface area contributed by atoms with Gasteiger partial charge in [-0.25, -0.2) is 0 Å². The van der Waals surface area contributed by atoms with Crippen molar-refractivity contribution in [1.29, 1.82) is 0 Å². The van der Waals surface area contributed by atoms with Crippen LogP contribution in [0, 0.1) is 0 Å². The van der Waals surface area contributed by atoms with Crippen LogP contribution in [0.1, 0.15) is 33.9 Å². The second-order valence-corrected chi connectivity index (χ2v) is 9.00. The number of anilines is 1. The molecular weight excluding hydrogens is 434 g/mol. The van der Waals surface area contributed by atoms with Crippen LogP contribution in [0.4, 0.5) is 5.69 Å². The molecule has 1 unspecified atom stereocenters. The zero-order valence-corrected chi connectivity index (χ0v) is 19.5. The first-order valence-corrected chi connectivity index (χ1v) is 12.1. The lowest BCUT2D eigenvalue weighted by Gasteiger charge is -2.27. The van der Waals surface area contributed by atoms with Crippen molar-refractivity contribution in [2.24, 2.45) is 5.10 Å². The maximum atomic E-state index is 12.9. The second kappa shape index (κ2) is 9.35. The number of ether oxygens (including phenoxy) is 1. The van der Waals surface area contributed by atoms with Gasteiger partial charge in [0, 0.05) is 25.1 Å². The molecule has 35 heavy (non-hydrogen) atoms. The van der Waals surface area contributed by atoms with Crippen molar-refractivity contribution in [1.82, 2.24) is 4.90 Å². The first kappa shape index (κ1) is 21.6. The van der Waals surface area contributed by atoms with E-state index in [0.717, 1.165) is 23.4 Å². The molecule has 0 aromatic heterocycles. The largest absolute Gasteiger partial charge is 0.378 e. The monoisotopic (exact) mass is 461 g/mol. The second-order valence-electron chi connectivity index (χ2n) is 9.00. The Morgan fingerprint density at radius 3 is 2.31 bits per heavy atom. The molecule has 4 aromatic carbocycles. The number of hydrogen-bond donors (Lipinski definition) is 0. The van der Waals surface area contributed by atoms with Crippen LogP contribution in [-0.2, 0) is 4.74 Å². The van der Waals surface area contributed by atoms with E-state index in [9.17, 15) is 4.79 Å². The van der Waals surface area contributed by atoms with E-state index >= 15 is 0 Å². The molecule has 5 heteroatoms. The van der Waals surface area contributed by atoms with E-state index in [1.165, 1.54) is 16.3 Å². The number of hydrogen-bond acceptors (Lipinski definition) is 4. The smallest absolute Gasteiger partial charge is 0.254 e. The average Bonchev–Trinajstić information content (AvgIpc) is 3.39. The fourth-order valence-corrected chi connectivity index (χ4v) is 5.04. The molecule has 0 bridgehead atoms. The predicted octanol–water partition coefficient (Wildman–Crippen LogP) is 5.67. The maximum absolute atomic E-state index is 12.9. The third-order valence-electron chi connectivity index (χ3n) is 6.88. The van der Waals surface area contributed by atoms with Crippen molar-refractivity contribution >= 4 is 28.1 Å². The van der Waals surface area contributed by atoms with Crippen LogP contribution in [0.2, 0.25) is 0 Å². The van der Waals surface area contributed by atoms with E-state index in [4.69, 9.17) is 9.84 Å². The van der Waals surface area contributed by atoms with Crippen molar-refractivity contribution in [3.05, 3.63) is 114 Å². The summed E-state index contributed by atoms with van der Waals surface area (Å²) >= 11 is 0. The number of carbonyl (C=O) groups excluding carboxylic acids is 1. The highest BCUT2D eigenvalue weighted by atomic mass is 16.5. The fourth-order valence-electron chi connectivity index (χ4n) is 5.04. The summed E-state index contributed by atoms with van der Waals surface area (Å²) in [6, 6.07) is 33.3. The van der Waals surface area contributed by atoms with Crippen molar-refractivity contribution in [2.45, 2.75) is 12.5 Å². The molecule has 0 aliphatic carbocycles. The summed E-state index contributed by atoms with van der Waals surface area (Å²) in [5.41, 5.74) is 5.14. The first-order valence-electron chi connectivity index (χ1n) is 12.1. The summed E-state index contributed by atoms with van der Waals surface area (Å²) in [4.78, 5) is 14.8. The van der Waals surface area contributed by atoms with Gasteiger partial charge < -0.3 is 9.64 Å². The number of amides is 1. The van der Waals surface area contributed by atoms with Gasteiger partial charge in [0.2, 0.25) is 0 Å². The van der Waals surface area contributed by atoms with Gasteiger partial charge in [-0.2, -0.15) is 5.10 Å².